The highest BCUT2D eigenvalue weighted by molar-refractivity contribution is 5.99. The molecule has 5 rings (SSSR count). The van der Waals surface area contributed by atoms with E-state index in [0.717, 1.165) is 41.6 Å². The lowest BCUT2D eigenvalue weighted by atomic mass is 10.1. The molecule has 17 nitrogen and oxygen atoms in total. The van der Waals surface area contributed by atoms with Crippen LogP contribution in [0.2, 0.25) is 0 Å². The van der Waals surface area contributed by atoms with Gasteiger partial charge < -0.3 is 29.0 Å². The Hall–Kier alpha value is -6.53. The molecule has 3 atom stereocenters. The Kier molecular flexibility index (Phi) is 11.9. The molecule has 0 spiro atoms. The second kappa shape index (κ2) is 16.7. The fourth-order valence-corrected chi connectivity index (χ4v) is 5.17. The van der Waals surface area contributed by atoms with Crippen LogP contribution in [0, 0.1) is 5.82 Å². The van der Waals surface area contributed by atoms with Crippen LogP contribution < -0.4 is 26.9 Å². The third-order valence-corrected chi connectivity index (χ3v) is 7.80. The predicted molar refractivity (Wildman–Crippen MR) is 178 cm³/mol. The third-order valence-electron chi connectivity index (χ3n) is 7.80. The Labute approximate surface area is 298 Å². The number of nitrogens with zero attached hydrogens (tertiary/aromatic N) is 3. The van der Waals surface area contributed by atoms with Crippen LogP contribution in [0.4, 0.5) is 9.18 Å². The highest BCUT2D eigenvalue weighted by Gasteiger charge is 2.39. The van der Waals surface area contributed by atoms with Crippen LogP contribution in [-0.2, 0) is 35.1 Å². The number of hydrogen-bond donors (Lipinski definition) is 1. The van der Waals surface area contributed by atoms with Gasteiger partial charge in [-0.05, 0) is 29.8 Å². The summed E-state index contributed by atoms with van der Waals surface area (Å²) in [7, 11) is 1.12. The van der Waals surface area contributed by atoms with Gasteiger partial charge in [0.2, 0.25) is 5.82 Å². The lowest BCUT2D eigenvalue weighted by molar-refractivity contribution is -0.148. The zero-order valence-corrected chi connectivity index (χ0v) is 28.1. The summed E-state index contributed by atoms with van der Waals surface area (Å²) in [6.45, 7) is 0.576. The number of methoxy groups -OCH3 is 1. The molecule has 2 aromatic carbocycles. The molecule has 3 heterocycles. The summed E-state index contributed by atoms with van der Waals surface area (Å²) in [6, 6.07) is 14.7. The molecule has 1 N–H and O–H groups in total. The van der Waals surface area contributed by atoms with Crippen LogP contribution in [0.15, 0.2) is 93.5 Å². The molecule has 0 unspecified atom stereocenters. The maximum Gasteiger partial charge on any atom is 0.343 e. The molecule has 0 radical (unpaired) electrons. The molecular formula is C35H31FN4O13. The van der Waals surface area contributed by atoms with Gasteiger partial charge in [0.15, 0.2) is 0 Å². The maximum absolute atomic E-state index is 15.1. The van der Waals surface area contributed by atoms with Crippen LogP contribution >= 0.6 is 0 Å². The number of rotatable bonds is 11. The average Bonchev–Trinajstić information content (AvgIpc) is 3.56. The SMILES string of the molecule is COC(=O)CNC(=O)n1ccc(OC(=O)c2cccc(C(=O)n3c(=O)c(F)cn([C@H]4C[C@H](OCc5ccccc5)[C@@H](COC(C)=O)O4)c3=O)c2)cc1=O. The van der Waals surface area contributed by atoms with Crippen molar-refractivity contribution in [2.75, 3.05) is 20.3 Å². The largest absolute Gasteiger partial charge is 0.468 e. The molecule has 1 aliphatic heterocycles. The summed E-state index contributed by atoms with van der Waals surface area (Å²) in [6.07, 6.45) is -1.33. The van der Waals surface area contributed by atoms with Crippen LogP contribution in [-0.4, -0.2) is 76.0 Å². The second-order valence-corrected chi connectivity index (χ2v) is 11.4. The van der Waals surface area contributed by atoms with Crippen molar-refractivity contribution in [2.24, 2.45) is 0 Å². The van der Waals surface area contributed by atoms with Gasteiger partial charge in [0, 0.05) is 31.2 Å². The van der Waals surface area contributed by atoms with Crippen LogP contribution in [0.1, 0.15) is 45.9 Å². The van der Waals surface area contributed by atoms with Crippen molar-refractivity contribution < 1.29 is 52.0 Å². The summed E-state index contributed by atoms with van der Waals surface area (Å²) in [5.74, 6) is -5.45. The van der Waals surface area contributed by atoms with Gasteiger partial charge in [0.25, 0.3) is 17.0 Å². The summed E-state index contributed by atoms with van der Waals surface area (Å²) >= 11 is 0. The number of halogens is 1. The van der Waals surface area contributed by atoms with E-state index in [2.05, 4.69) is 10.1 Å². The van der Waals surface area contributed by atoms with E-state index < -0.39 is 77.5 Å². The zero-order valence-electron chi connectivity index (χ0n) is 28.1. The standard InChI is InChI=1S/C35H31FN4O13/c1-20(41)50-19-27-26(51-18-21-7-4-3-5-8-21)15-29(53-27)39-17-25(36)32(45)40(35(39)48)31(44)22-9-6-10-23(13-22)33(46)52-24-11-12-38(28(42)14-24)34(47)37-16-30(43)49-2/h3-14,17,26-27,29H,15-16,18-19H2,1-2H3,(H,37,47)/t26-,27+,29+/m0/s1. The van der Waals surface area contributed by atoms with E-state index in [4.69, 9.17) is 18.9 Å². The number of hydrogen-bond acceptors (Lipinski definition) is 13. The Balaban J connectivity index is 1.35. The van der Waals surface area contributed by atoms with Gasteiger partial charge in [0.1, 0.15) is 31.2 Å². The Morgan fingerprint density at radius 1 is 0.962 bits per heavy atom. The lowest BCUT2D eigenvalue weighted by Crippen LogP contribution is -2.46. The number of ether oxygens (including phenoxy) is 5. The van der Waals surface area contributed by atoms with Gasteiger partial charge >= 0.3 is 29.6 Å². The molecule has 1 saturated heterocycles. The van der Waals surface area contributed by atoms with Crippen LogP contribution in [0.25, 0.3) is 0 Å². The van der Waals surface area contributed by atoms with E-state index in [1.54, 1.807) is 0 Å². The molecule has 1 aliphatic rings. The lowest BCUT2D eigenvalue weighted by Gasteiger charge is -2.18. The van der Waals surface area contributed by atoms with Crippen LogP contribution in [0.5, 0.6) is 5.75 Å². The Morgan fingerprint density at radius 3 is 2.40 bits per heavy atom. The molecule has 18 heteroatoms. The Bertz CT molecular complexity index is 2230. The molecule has 1 amide bonds. The third kappa shape index (κ3) is 9.04. The number of esters is 3. The first-order valence-electron chi connectivity index (χ1n) is 15.8. The first kappa shape index (κ1) is 37.7. The molecule has 2 aromatic heterocycles. The summed E-state index contributed by atoms with van der Waals surface area (Å²) in [5, 5.41) is 2.17. The van der Waals surface area contributed by atoms with E-state index >= 15 is 4.39 Å². The monoisotopic (exact) mass is 734 g/mol. The van der Waals surface area contributed by atoms with E-state index in [1.165, 1.54) is 25.1 Å². The zero-order chi connectivity index (χ0) is 38.2. The minimum absolute atomic E-state index is 0.0471. The number of amides is 1. The van der Waals surface area contributed by atoms with E-state index in [9.17, 15) is 38.4 Å². The Morgan fingerprint density at radius 2 is 1.70 bits per heavy atom. The van der Waals surface area contributed by atoms with Crippen molar-refractivity contribution >= 4 is 29.8 Å². The van der Waals surface area contributed by atoms with Gasteiger partial charge in [-0.15, -0.1) is 0 Å². The van der Waals surface area contributed by atoms with Gasteiger partial charge in [-0.3, -0.25) is 28.5 Å². The number of aromatic nitrogens is 3. The number of benzene rings is 2. The maximum atomic E-state index is 15.1. The van der Waals surface area contributed by atoms with Crippen molar-refractivity contribution in [3.63, 3.8) is 0 Å². The van der Waals surface area contributed by atoms with E-state index in [0.29, 0.717) is 10.8 Å². The van der Waals surface area contributed by atoms with E-state index in [-0.39, 0.29) is 41.1 Å². The highest BCUT2D eigenvalue weighted by Crippen LogP contribution is 2.31. The molecular weight excluding hydrogens is 703 g/mol. The van der Waals surface area contributed by atoms with Gasteiger partial charge in [-0.25, -0.2) is 19.0 Å². The van der Waals surface area contributed by atoms with Crippen LogP contribution in [0.3, 0.4) is 0 Å². The molecule has 276 valence electrons. The second-order valence-electron chi connectivity index (χ2n) is 11.4. The number of pyridine rings is 1. The van der Waals surface area contributed by atoms with Crippen molar-refractivity contribution in [3.05, 3.63) is 133 Å². The first-order valence-corrected chi connectivity index (χ1v) is 15.8. The van der Waals surface area contributed by atoms with Crippen molar-refractivity contribution in [1.29, 1.82) is 0 Å². The summed E-state index contributed by atoms with van der Waals surface area (Å²) in [5.41, 5.74) is -3.55. The molecule has 53 heavy (non-hydrogen) atoms. The highest BCUT2D eigenvalue weighted by atomic mass is 19.1. The topological polar surface area (TPSA) is 210 Å². The minimum atomic E-state index is -1.56. The first-order chi connectivity index (χ1) is 25.4. The predicted octanol–water partition coefficient (Wildman–Crippen LogP) is 1.39. The molecule has 0 aliphatic carbocycles. The van der Waals surface area contributed by atoms with Crippen molar-refractivity contribution in [2.45, 2.75) is 38.4 Å². The van der Waals surface area contributed by atoms with Gasteiger partial charge in [-0.1, -0.05) is 36.4 Å². The van der Waals surface area contributed by atoms with Crippen molar-refractivity contribution in [1.82, 2.24) is 19.0 Å². The number of nitrogens with one attached hydrogen (secondary N) is 1. The minimum Gasteiger partial charge on any atom is -0.468 e. The summed E-state index contributed by atoms with van der Waals surface area (Å²) < 4.78 is 43.1. The molecule has 0 bridgehead atoms. The number of carbonyl (C=O) groups is 5. The van der Waals surface area contributed by atoms with Crippen molar-refractivity contribution in [3.8, 4) is 5.75 Å². The fraction of sp³-hybridized carbons (Fsp3) is 0.257. The molecule has 0 saturated carbocycles. The average molecular weight is 735 g/mol. The normalized spacial score (nSPS) is 16.4. The summed E-state index contributed by atoms with van der Waals surface area (Å²) in [4.78, 5) is 100. The quantitative estimate of drug-likeness (QED) is 0.216. The smallest absolute Gasteiger partial charge is 0.343 e. The molecule has 4 aromatic rings. The molecule has 1 fully saturated rings. The fourth-order valence-electron chi connectivity index (χ4n) is 5.17. The van der Waals surface area contributed by atoms with Gasteiger partial charge in [-0.2, -0.15) is 8.96 Å². The number of carbonyl (C=O) groups excluding carboxylic acids is 5. The van der Waals surface area contributed by atoms with Gasteiger partial charge in [0.05, 0.1) is 31.6 Å². The van der Waals surface area contributed by atoms with E-state index in [1.807, 2.05) is 30.3 Å².